The lowest BCUT2D eigenvalue weighted by atomic mass is 10.0. The van der Waals surface area contributed by atoms with Gasteiger partial charge in [-0.2, -0.15) is 0 Å². The smallest absolute Gasteiger partial charge is 0.136 e. The molecule has 3 nitrogen and oxygen atoms in total. The fourth-order valence-corrected chi connectivity index (χ4v) is 1.09. The van der Waals surface area contributed by atoms with Crippen molar-refractivity contribution >= 4 is 12.1 Å². The van der Waals surface area contributed by atoms with Gasteiger partial charge in [0.2, 0.25) is 0 Å². The molecule has 1 N–H and O–H groups in total. The molecule has 13 heavy (non-hydrogen) atoms. The van der Waals surface area contributed by atoms with Gasteiger partial charge in [-0.25, -0.2) is 0 Å². The Kier molecular flexibility index (Phi) is 4.85. The van der Waals surface area contributed by atoms with Crippen molar-refractivity contribution in [3.8, 4) is 0 Å². The number of hydrogen-bond acceptors (Lipinski definition) is 3. The number of carbonyl (C=O) groups excluding carboxylic acids is 2. The molecule has 0 spiro atoms. The van der Waals surface area contributed by atoms with Crippen LogP contribution in [0.5, 0.6) is 0 Å². The Morgan fingerprint density at radius 3 is 2.31 bits per heavy atom. The average molecular weight is 185 g/mol. The third kappa shape index (κ3) is 7.65. The fraction of sp³-hybridized carbons (Fsp3) is 0.800. The molecule has 0 radical (unpaired) electrons. The molecule has 0 rings (SSSR count). The number of rotatable bonds is 5. The predicted octanol–water partition coefficient (Wildman–Crippen LogP) is 1.31. The first-order valence-corrected chi connectivity index (χ1v) is 4.57. The van der Waals surface area contributed by atoms with Gasteiger partial charge in [0.15, 0.2) is 0 Å². The molecule has 0 aliphatic carbocycles. The molecule has 0 saturated heterocycles. The molecule has 3 heteroatoms. The van der Waals surface area contributed by atoms with Gasteiger partial charge < -0.3 is 14.9 Å². The third-order valence-corrected chi connectivity index (χ3v) is 1.59. The minimum atomic E-state index is -0.205. The second-order valence-electron chi connectivity index (χ2n) is 4.38. The first-order chi connectivity index (χ1) is 5.85. The number of ketones is 1. The number of aldehydes is 1. The van der Waals surface area contributed by atoms with E-state index in [9.17, 15) is 9.59 Å². The van der Waals surface area contributed by atoms with Crippen molar-refractivity contribution in [3.05, 3.63) is 0 Å². The summed E-state index contributed by atoms with van der Waals surface area (Å²) in [6.07, 6.45) is 1.93. The molecule has 1 atom stereocenters. The topological polar surface area (TPSA) is 46.2 Å². The van der Waals surface area contributed by atoms with E-state index in [1.165, 1.54) is 0 Å². The predicted molar refractivity (Wildman–Crippen MR) is 52.7 cm³/mol. The minimum absolute atomic E-state index is 0.0810. The molecule has 0 aliphatic rings. The van der Waals surface area contributed by atoms with Crippen LogP contribution in [-0.2, 0) is 9.59 Å². The van der Waals surface area contributed by atoms with E-state index >= 15 is 0 Å². The first-order valence-electron chi connectivity index (χ1n) is 4.57. The van der Waals surface area contributed by atoms with Crippen LogP contribution in [0.15, 0.2) is 0 Å². The lowest BCUT2D eigenvalue weighted by Gasteiger charge is -2.24. The van der Waals surface area contributed by atoms with E-state index in [-0.39, 0.29) is 17.4 Å². The summed E-state index contributed by atoms with van der Waals surface area (Å²) in [5.74, 6) is 0.127. The Balaban J connectivity index is 3.90. The quantitative estimate of drug-likeness (QED) is 0.657. The SMILES string of the molecule is CC(=O)CCC(C=O)NC(C)(C)C. The summed E-state index contributed by atoms with van der Waals surface area (Å²) in [6.45, 7) is 7.53. The van der Waals surface area contributed by atoms with E-state index in [0.717, 1.165) is 6.29 Å². The summed E-state index contributed by atoms with van der Waals surface area (Å²) in [5.41, 5.74) is -0.0810. The molecule has 0 amide bonds. The lowest BCUT2D eigenvalue weighted by molar-refractivity contribution is -0.117. The number of carbonyl (C=O) groups is 2. The summed E-state index contributed by atoms with van der Waals surface area (Å²) >= 11 is 0. The number of hydrogen-bond donors (Lipinski definition) is 1. The van der Waals surface area contributed by atoms with Crippen LogP contribution in [0.1, 0.15) is 40.5 Å². The zero-order valence-electron chi connectivity index (χ0n) is 8.89. The van der Waals surface area contributed by atoms with Gasteiger partial charge >= 0.3 is 0 Å². The molecule has 76 valence electrons. The lowest BCUT2D eigenvalue weighted by Crippen LogP contribution is -2.44. The van der Waals surface area contributed by atoms with E-state index in [4.69, 9.17) is 0 Å². The summed E-state index contributed by atoms with van der Waals surface area (Å²) in [6, 6.07) is -0.205. The van der Waals surface area contributed by atoms with Gasteiger partial charge in [-0.3, -0.25) is 0 Å². The van der Waals surface area contributed by atoms with E-state index in [1.807, 2.05) is 20.8 Å². The van der Waals surface area contributed by atoms with Gasteiger partial charge in [0.1, 0.15) is 12.1 Å². The van der Waals surface area contributed by atoms with Gasteiger partial charge in [0.05, 0.1) is 6.04 Å². The van der Waals surface area contributed by atoms with Crippen LogP contribution in [0.25, 0.3) is 0 Å². The Bertz CT molecular complexity index is 182. The van der Waals surface area contributed by atoms with E-state index < -0.39 is 0 Å². The maximum atomic E-state index is 10.7. The molecule has 0 fully saturated rings. The summed E-state index contributed by atoms with van der Waals surface area (Å²) in [4.78, 5) is 21.3. The van der Waals surface area contributed by atoms with Crippen LogP contribution in [0.3, 0.4) is 0 Å². The van der Waals surface area contributed by atoms with Crippen LogP contribution in [0.4, 0.5) is 0 Å². The number of nitrogens with one attached hydrogen (secondary N) is 1. The van der Waals surface area contributed by atoms with Crippen LogP contribution in [-0.4, -0.2) is 23.7 Å². The van der Waals surface area contributed by atoms with Crippen molar-refractivity contribution in [2.45, 2.75) is 52.1 Å². The highest BCUT2D eigenvalue weighted by atomic mass is 16.1. The summed E-state index contributed by atoms with van der Waals surface area (Å²) < 4.78 is 0. The van der Waals surface area contributed by atoms with Crippen molar-refractivity contribution < 1.29 is 9.59 Å². The largest absolute Gasteiger partial charge is 0.303 e. The molecule has 1 unspecified atom stereocenters. The maximum Gasteiger partial charge on any atom is 0.136 e. The number of Topliss-reactive ketones (excluding diaryl/α,β-unsaturated/α-hetero) is 1. The highest BCUT2D eigenvalue weighted by Crippen LogP contribution is 2.04. The first kappa shape index (κ1) is 12.3. The van der Waals surface area contributed by atoms with Crippen molar-refractivity contribution in [1.29, 1.82) is 0 Å². The molecule has 0 aromatic carbocycles. The standard InChI is InChI=1S/C10H19NO2/c1-8(13)5-6-9(7-12)11-10(2,3)4/h7,9,11H,5-6H2,1-4H3. The van der Waals surface area contributed by atoms with Crippen molar-refractivity contribution in [3.63, 3.8) is 0 Å². The average Bonchev–Trinajstić information content (AvgIpc) is 1.95. The molecule has 0 aliphatic heterocycles. The van der Waals surface area contributed by atoms with Crippen LogP contribution in [0, 0.1) is 0 Å². The second-order valence-corrected chi connectivity index (χ2v) is 4.38. The van der Waals surface area contributed by atoms with Gasteiger partial charge in [-0.1, -0.05) is 0 Å². The highest BCUT2D eigenvalue weighted by molar-refractivity contribution is 5.76. The Morgan fingerprint density at radius 2 is 2.00 bits per heavy atom. The normalized spacial score (nSPS) is 13.8. The molecule has 0 heterocycles. The molecular weight excluding hydrogens is 166 g/mol. The van der Waals surface area contributed by atoms with Crippen LogP contribution >= 0.6 is 0 Å². The zero-order valence-corrected chi connectivity index (χ0v) is 8.89. The Labute approximate surface area is 79.9 Å². The van der Waals surface area contributed by atoms with Gasteiger partial charge in [-0.05, 0) is 34.1 Å². The van der Waals surface area contributed by atoms with Gasteiger partial charge in [0.25, 0.3) is 0 Å². The second kappa shape index (κ2) is 5.12. The molecule has 0 bridgehead atoms. The summed E-state index contributed by atoms with van der Waals surface area (Å²) in [7, 11) is 0. The molecule has 0 saturated carbocycles. The van der Waals surface area contributed by atoms with Crippen molar-refractivity contribution in [2.75, 3.05) is 0 Å². The maximum absolute atomic E-state index is 10.7. The fourth-order valence-electron chi connectivity index (χ4n) is 1.09. The van der Waals surface area contributed by atoms with E-state index in [0.29, 0.717) is 12.8 Å². The van der Waals surface area contributed by atoms with E-state index in [2.05, 4.69) is 5.32 Å². The molecule has 0 aromatic heterocycles. The van der Waals surface area contributed by atoms with Gasteiger partial charge in [0, 0.05) is 12.0 Å². The zero-order chi connectivity index (χ0) is 10.5. The molecule has 0 aromatic rings. The van der Waals surface area contributed by atoms with E-state index in [1.54, 1.807) is 6.92 Å². The Morgan fingerprint density at radius 1 is 1.46 bits per heavy atom. The molecular formula is C10H19NO2. The van der Waals surface area contributed by atoms with Crippen LogP contribution < -0.4 is 5.32 Å². The summed E-state index contributed by atoms with van der Waals surface area (Å²) in [5, 5.41) is 3.14. The Hall–Kier alpha value is -0.700. The highest BCUT2D eigenvalue weighted by Gasteiger charge is 2.16. The van der Waals surface area contributed by atoms with Crippen molar-refractivity contribution in [2.24, 2.45) is 0 Å². The van der Waals surface area contributed by atoms with Crippen molar-refractivity contribution in [1.82, 2.24) is 5.32 Å². The van der Waals surface area contributed by atoms with Gasteiger partial charge in [-0.15, -0.1) is 0 Å². The van der Waals surface area contributed by atoms with Crippen LogP contribution in [0.2, 0.25) is 0 Å². The third-order valence-electron chi connectivity index (χ3n) is 1.59. The monoisotopic (exact) mass is 185 g/mol. The minimum Gasteiger partial charge on any atom is -0.303 e.